The molecule has 80 valence electrons. The second-order valence-corrected chi connectivity index (χ2v) is 5.82. The Morgan fingerprint density at radius 3 is 2.50 bits per heavy atom. The van der Waals surface area contributed by atoms with Crippen LogP contribution in [0.1, 0.15) is 39.0 Å². The zero-order chi connectivity index (χ0) is 9.76. The van der Waals surface area contributed by atoms with E-state index in [1.165, 1.54) is 38.6 Å². The van der Waals surface area contributed by atoms with Crippen LogP contribution in [0.15, 0.2) is 0 Å². The number of hydrogen-bond acceptors (Lipinski definition) is 2. The molecule has 0 amide bonds. The normalized spacial score (nSPS) is 41.6. The van der Waals surface area contributed by atoms with E-state index in [2.05, 4.69) is 11.8 Å². The van der Waals surface area contributed by atoms with E-state index in [4.69, 9.17) is 5.73 Å². The first-order chi connectivity index (χ1) is 6.74. The summed E-state index contributed by atoms with van der Waals surface area (Å²) in [5.41, 5.74) is 6.36. The first-order valence-electron chi connectivity index (χ1n) is 6.21. The number of rotatable bonds is 3. The van der Waals surface area contributed by atoms with Gasteiger partial charge in [0.15, 0.2) is 0 Å². The van der Waals surface area contributed by atoms with Crippen LogP contribution < -0.4 is 5.73 Å². The van der Waals surface area contributed by atoms with Gasteiger partial charge >= 0.3 is 0 Å². The van der Waals surface area contributed by atoms with E-state index < -0.39 is 0 Å². The van der Waals surface area contributed by atoms with Crippen molar-refractivity contribution in [2.75, 3.05) is 13.1 Å². The minimum absolute atomic E-state index is 0.347. The molecule has 0 aromatic carbocycles. The molecule has 0 radical (unpaired) electrons. The molecule has 14 heavy (non-hydrogen) atoms. The second kappa shape index (κ2) is 2.96. The third kappa shape index (κ3) is 1.17. The summed E-state index contributed by atoms with van der Waals surface area (Å²) in [4.78, 5) is 2.76. The van der Waals surface area contributed by atoms with E-state index in [1.54, 1.807) is 0 Å². The van der Waals surface area contributed by atoms with E-state index in [0.29, 0.717) is 5.54 Å². The van der Waals surface area contributed by atoms with Gasteiger partial charge in [-0.1, -0.05) is 0 Å². The van der Waals surface area contributed by atoms with E-state index in [9.17, 15) is 0 Å². The predicted octanol–water partition coefficient (Wildman–Crippen LogP) is 1.60. The van der Waals surface area contributed by atoms with Crippen molar-refractivity contribution in [2.45, 2.75) is 50.6 Å². The Balaban J connectivity index is 1.79. The van der Waals surface area contributed by atoms with Gasteiger partial charge in [-0.25, -0.2) is 0 Å². The highest BCUT2D eigenvalue weighted by molar-refractivity contribution is 5.06. The molecular weight excluding hydrogens is 172 g/mol. The average molecular weight is 194 g/mol. The minimum atomic E-state index is 0.347. The lowest BCUT2D eigenvalue weighted by atomic mass is 9.91. The molecule has 3 unspecified atom stereocenters. The SMILES string of the molecule is CC(CN)(C1CC1)N1CC2CCC1C2. The van der Waals surface area contributed by atoms with Crippen molar-refractivity contribution in [3.05, 3.63) is 0 Å². The van der Waals surface area contributed by atoms with Crippen molar-refractivity contribution in [3.63, 3.8) is 0 Å². The van der Waals surface area contributed by atoms with Gasteiger partial charge in [-0.05, 0) is 50.9 Å². The van der Waals surface area contributed by atoms with Crippen molar-refractivity contribution in [1.29, 1.82) is 0 Å². The minimum Gasteiger partial charge on any atom is -0.329 e. The maximum atomic E-state index is 6.02. The summed E-state index contributed by atoms with van der Waals surface area (Å²) in [6.45, 7) is 4.61. The number of hydrogen-bond donors (Lipinski definition) is 1. The second-order valence-electron chi connectivity index (χ2n) is 5.82. The molecule has 2 saturated carbocycles. The largest absolute Gasteiger partial charge is 0.329 e. The first kappa shape index (κ1) is 9.17. The molecule has 2 bridgehead atoms. The molecule has 0 aromatic heterocycles. The molecule has 3 rings (SSSR count). The van der Waals surface area contributed by atoms with Gasteiger partial charge in [0, 0.05) is 24.7 Å². The lowest BCUT2D eigenvalue weighted by Gasteiger charge is -2.43. The van der Waals surface area contributed by atoms with Gasteiger partial charge in [-0.3, -0.25) is 4.90 Å². The molecule has 1 saturated heterocycles. The van der Waals surface area contributed by atoms with Crippen LogP contribution in [-0.2, 0) is 0 Å². The molecular formula is C12H22N2. The number of likely N-dealkylation sites (tertiary alicyclic amines) is 1. The van der Waals surface area contributed by atoms with Crippen molar-refractivity contribution >= 4 is 0 Å². The Morgan fingerprint density at radius 1 is 1.29 bits per heavy atom. The lowest BCUT2D eigenvalue weighted by molar-refractivity contribution is 0.0569. The monoisotopic (exact) mass is 194 g/mol. The Labute approximate surface area is 86.8 Å². The van der Waals surface area contributed by atoms with Gasteiger partial charge in [0.2, 0.25) is 0 Å². The quantitative estimate of drug-likeness (QED) is 0.739. The Hall–Kier alpha value is -0.0800. The fourth-order valence-electron chi connectivity index (χ4n) is 3.77. The molecule has 3 aliphatic rings. The summed E-state index contributed by atoms with van der Waals surface area (Å²) in [5.74, 6) is 1.91. The number of fused-ring (bicyclic) bond motifs is 2. The van der Waals surface area contributed by atoms with Crippen LogP contribution in [-0.4, -0.2) is 29.6 Å². The fraction of sp³-hybridized carbons (Fsp3) is 1.00. The van der Waals surface area contributed by atoms with Gasteiger partial charge in [-0.15, -0.1) is 0 Å². The Bertz CT molecular complexity index is 236. The van der Waals surface area contributed by atoms with Crippen molar-refractivity contribution in [1.82, 2.24) is 4.90 Å². The van der Waals surface area contributed by atoms with Crippen LogP contribution >= 0.6 is 0 Å². The van der Waals surface area contributed by atoms with E-state index in [1.807, 2.05) is 0 Å². The molecule has 3 atom stereocenters. The van der Waals surface area contributed by atoms with Crippen LogP contribution in [0.3, 0.4) is 0 Å². The van der Waals surface area contributed by atoms with Crippen LogP contribution in [0.4, 0.5) is 0 Å². The maximum Gasteiger partial charge on any atom is 0.0334 e. The van der Waals surface area contributed by atoms with Crippen LogP contribution in [0.25, 0.3) is 0 Å². The highest BCUT2D eigenvalue weighted by Gasteiger charge is 2.51. The molecule has 2 aliphatic carbocycles. The smallest absolute Gasteiger partial charge is 0.0334 e. The standard InChI is InChI=1S/C12H22N2/c1-12(8-13,10-3-4-10)14-7-9-2-5-11(14)6-9/h9-11H,2-8,13H2,1H3. The first-order valence-corrected chi connectivity index (χ1v) is 6.21. The average Bonchev–Trinajstić information content (AvgIpc) is 2.87. The van der Waals surface area contributed by atoms with E-state index in [-0.39, 0.29) is 0 Å². The molecule has 1 heterocycles. The topological polar surface area (TPSA) is 29.3 Å². The maximum absolute atomic E-state index is 6.02. The van der Waals surface area contributed by atoms with E-state index in [0.717, 1.165) is 24.4 Å². The molecule has 0 spiro atoms. The van der Waals surface area contributed by atoms with Crippen molar-refractivity contribution < 1.29 is 0 Å². The van der Waals surface area contributed by atoms with Gasteiger partial charge in [-0.2, -0.15) is 0 Å². The summed E-state index contributed by atoms with van der Waals surface area (Å²) >= 11 is 0. The van der Waals surface area contributed by atoms with E-state index >= 15 is 0 Å². The third-order valence-corrected chi connectivity index (χ3v) is 4.94. The zero-order valence-electron chi connectivity index (χ0n) is 9.21. The Kier molecular flexibility index (Phi) is 1.94. The number of nitrogens with two attached hydrogens (primary N) is 1. The summed E-state index contributed by atoms with van der Waals surface area (Å²) in [6.07, 6.45) is 7.21. The number of nitrogens with zero attached hydrogens (tertiary/aromatic N) is 1. The zero-order valence-corrected chi connectivity index (χ0v) is 9.21. The molecule has 1 aliphatic heterocycles. The van der Waals surface area contributed by atoms with Gasteiger partial charge in [0.25, 0.3) is 0 Å². The molecule has 2 heteroatoms. The lowest BCUT2D eigenvalue weighted by Crippen LogP contribution is -2.56. The van der Waals surface area contributed by atoms with Gasteiger partial charge < -0.3 is 5.73 Å². The molecule has 2 N–H and O–H groups in total. The third-order valence-electron chi connectivity index (χ3n) is 4.94. The fourth-order valence-corrected chi connectivity index (χ4v) is 3.77. The summed E-state index contributed by atoms with van der Waals surface area (Å²) in [7, 11) is 0. The molecule has 2 nitrogen and oxygen atoms in total. The van der Waals surface area contributed by atoms with Crippen LogP contribution in [0.5, 0.6) is 0 Å². The molecule has 0 aromatic rings. The predicted molar refractivity (Wildman–Crippen MR) is 58.0 cm³/mol. The summed E-state index contributed by atoms with van der Waals surface area (Å²) in [5, 5.41) is 0. The van der Waals surface area contributed by atoms with Gasteiger partial charge in [0.05, 0.1) is 0 Å². The summed E-state index contributed by atoms with van der Waals surface area (Å²) in [6, 6.07) is 0.883. The Morgan fingerprint density at radius 2 is 2.07 bits per heavy atom. The molecule has 3 fully saturated rings. The van der Waals surface area contributed by atoms with Crippen molar-refractivity contribution in [2.24, 2.45) is 17.6 Å². The highest BCUT2D eigenvalue weighted by Crippen LogP contribution is 2.49. The summed E-state index contributed by atoms with van der Waals surface area (Å²) < 4.78 is 0. The highest BCUT2D eigenvalue weighted by atomic mass is 15.3. The number of piperidine rings is 1. The van der Waals surface area contributed by atoms with Gasteiger partial charge in [0.1, 0.15) is 0 Å². The van der Waals surface area contributed by atoms with Crippen molar-refractivity contribution in [3.8, 4) is 0 Å². The van der Waals surface area contributed by atoms with Crippen LogP contribution in [0, 0.1) is 11.8 Å². The van der Waals surface area contributed by atoms with Crippen LogP contribution in [0.2, 0.25) is 0 Å².